The number of hydrogen-bond donors (Lipinski definition) is 2. The first-order chi connectivity index (χ1) is 12.6. The van der Waals surface area contributed by atoms with Crippen LogP contribution < -0.4 is 10.1 Å². The summed E-state index contributed by atoms with van der Waals surface area (Å²) in [4.78, 5) is 21.8. The zero-order chi connectivity index (χ0) is 18.1. The molecule has 130 valence electrons. The molecule has 4 rings (SSSR count). The first kappa shape index (κ1) is 16.4. The maximum absolute atomic E-state index is 12.6. The van der Waals surface area contributed by atoms with Crippen LogP contribution in [0.2, 0.25) is 0 Å². The predicted octanol–water partition coefficient (Wildman–Crippen LogP) is 4.86. The van der Waals surface area contributed by atoms with E-state index in [1.807, 2.05) is 61.5 Å². The molecule has 0 radical (unpaired) electrons. The summed E-state index contributed by atoms with van der Waals surface area (Å²) in [5.41, 5.74) is 3.82. The maximum Gasteiger partial charge on any atom is 0.268 e. The molecule has 0 aliphatic carbocycles. The Morgan fingerprint density at radius 2 is 1.92 bits per heavy atom. The Hall–Kier alpha value is -3.12. The van der Waals surface area contributed by atoms with Gasteiger partial charge in [-0.1, -0.05) is 24.3 Å². The number of aryl methyl sites for hydroxylation is 1. The van der Waals surface area contributed by atoms with E-state index in [1.165, 1.54) is 11.3 Å². The van der Waals surface area contributed by atoms with Crippen LogP contribution in [-0.4, -0.2) is 23.0 Å². The number of benzene rings is 2. The van der Waals surface area contributed by atoms with Gasteiger partial charge in [-0.05, 0) is 48.4 Å². The number of anilines is 1. The molecule has 5 nitrogen and oxygen atoms in total. The fraction of sp³-hybridized carbons (Fsp3) is 0.100. The van der Waals surface area contributed by atoms with Gasteiger partial charge in [0.2, 0.25) is 5.95 Å². The highest BCUT2D eigenvalue weighted by Crippen LogP contribution is 2.32. The molecular weight excluding hydrogens is 346 g/mol. The minimum Gasteiger partial charge on any atom is -0.497 e. The molecule has 0 saturated carbocycles. The number of hydrogen-bond acceptors (Lipinski definition) is 4. The minimum absolute atomic E-state index is 0.170. The molecule has 2 heterocycles. The predicted molar refractivity (Wildman–Crippen MR) is 105 cm³/mol. The van der Waals surface area contributed by atoms with Gasteiger partial charge in [0.05, 0.1) is 23.0 Å². The van der Waals surface area contributed by atoms with E-state index in [0.717, 1.165) is 32.8 Å². The summed E-state index contributed by atoms with van der Waals surface area (Å²) in [6.07, 6.45) is 0. The number of carbonyl (C=O) groups is 1. The second-order valence-electron chi connectivity index (χ2n) is 5.87. The van der Waals surface area contributed by atoms with Crippen LogP contribution in [0.15, 0.2) is 54.6 Å². The molecule has 0 aliphatic rings. The van der Waals surface area contributed by atoms with E-state index in [-0.39, 0.29) is 5.91 Å². The maximum atomic E-state index is 12.6. The molecule has 26 heavy (non-hydrogen) atoms. The lowest BCUT2D eigenvalue weighted by Crippen LogP contribution is -2.11. The van der Waals surface area contributed by atoms with Crippen molar-refractivity contribution in [3.05, 3.63) is 64.4 Å². The fourth-order valence-electron chi connectivity index (χ4n) is 2.83. The molecule has 2 aromatic carbocycles. The van der Waals surface area contributed by atoms with Crippen molar-refractivity contribution < 1.29 is 9.53 Å². The van der Waals surface area contributed by atoms with E-state index in [0.29, 0.717) is 10.8 Å². The van der Waals surface area contributed by atoms with Gasteiger partial charge in [-0.3, -0.25) is 10.1 Å². The highest BCUT2D eigenvalue weighted by molar-refractivity contribution is 7.14. The van der Waals surface area contributed by atoms with Gasteiger partial charge in [0.25, 0.3) is 5.91 Å². The van der Waals surface area contributed by atoms with Crippen LogP contribution in [0, 0.1) is 6.92 Å². The smallest absolute Gasteiger partial charge is 0.268 e. The SMILES string of the molecule is COc1ccc(-c2cc(C(=O)Nc3nc4ccccc4[nH]3)sc2C)cc1. The summed E-state index contributed by atoms with van der Waals surface area (Å²) >= 11 is 1.47. The third-order valence-electron chi connectivity index (χ3n) is 4.16. The number of aromatic amines is 1. The Bertz CT molecular complexity index is 1050. The number of rotatable bonds is 4. The van der Waals surface area contributed by atoms with E-state index in [9.17, 15) is 4.79 Å². The number of fused-ring (bicyclic) bond motifs is 1. The second kappa shape index (κ2) is 6.65. The lowest BCUT2D eigenvalue weighted by Gasteiger charge is -2.02. The average molecular weight is 363 g/mol. The number of aromatic nitrogens is 2. The van der Waals surface area contributed by atoms with Crippen molar-refractivity contribution in [1.29, 1.82) is 0 Å². The summed E-state index contributed by atoms with van der Waals surface area (Å²) < 4.78 is 5.20. The van der Waals surface area contributed by atoms with Crippen LogP contribution in [0.25, 0.3) is 22.2 Å². The van der Waals surface area contributed by atoms with Crippen LogP contribution in [0.4, 0.5) is 5.95 Å². The number of thiophene rings is 1. The van der Waals surface area contributed by atoms with Crippen molar-refractivity contribution in [3.8, 4) is 16.9 Å². The molecule has 0 unspecified atom stereocenters. The van der Waals surface area contributed by atoms with Gasteiger partial charge in [-0.15, -0.1) is 11.3 Å². The van der Waals surface area contributed by atoms with E-state index in [4.69, 9.17) is 4.74 Å². The monoisotopic (exact) mass is 363 g/mol. The lowest BCUT2D eigenvalue weighted by molar-refractivity contribution is 0.103. The Kier molecular flexibility index (Phi) is 4.18. The molecule has 2 N–H and O–H groups in total. The number of nitrogens with zero attached hydrogens (tertiary/aromatic N) is 1. The molecule has 0 bridgehead atoms. The molecule has 6 heteroatoms. The molecule has 0 aliphatic heterocycles. The Balaban J connectivity index is 1.58. The van der Waals surface area contributed by atoms with E-state index in [2.05, 4.69) is 15.3 Å². The highest BCUT2D eigenvalue weighted by atomic mass is 32.1. The molecule has 0 atom stereocenters. The summed E-state index contributed by atoms with van der Waals surface area (Å²) in [5.74, 6) is 1.09. The summed E-state index contributed by atoms with van der Waals surface area (Å²) in [5, 5.41) is 2.84. The van der Waals surface area contributed by atoms with Crippen LogP contribution in [0.3, 0.4) is 0 Å². The third kappa shape index (κ3) is 3.07. The van der Waals surface area contributed by atoms with Gasteiger partial charge in [0, 0.05) is 4.88 Å². The average Bonchev–Trinajstić information content (AvgIpc) is 3.24. The van der Waals surface area contributed by atoms with Crippen molar-refractivity contribution in [2.45, 2.75) is 6.92 Å². The lowest BCUT2D eigenvalue weighted by atomic mass is 10.1. The first-order valence-electron chi connectivity index (χ1n) is 8.15. The Labute approximate surface area is 154 Å². The third-order valence-corrected chi connectivity index (χ3v) is 5.21. The molecule has 4 aromatic rings. The van der Waals surface area contributed by atoms with Crippen molar-refractivity contribution >= 4 is 34.2 Å². The van der Waals surface area contributed by atoms with Gasteiger partial charge < -0.3 is 9.72 Å². The summed E-state index contributed by atoms with van der Waals surface area (Å²) in [6, 6.07) is 17.4. The Morgan fingerprint density at radius 3 is 2.65 bits per heavy atom. The normalized spacial score (nSPS) is 10.8. The van der Waals surface area contributed by atoms with Crippen molar-refractivity contribution in [3.63, 3.8) is 0 Å². The number of methoxy groups -OCH3 is 1. The number of ether oxygens (including phenoxy) is 1. The van der Waals surface area contributed by atoms with Gasteiger partial charge in [-0.25, -0.2) is 4.98 Å². The van der Waals surface area contributed by atoms with E-state index < -0.39 is 0 Å². The number of H-pyrrole nitrogens is 1. The number of nitrogens with one attached hydrogen (secondary N) is 2. The van der Waals surface area contributed by atoms with Crippen LogP contribution >= 0.6 is 11.3 Å². The first-order valence-corrected chi connectivity index (χ1v) is 8.96. The molecule has 0 saturated heterocycles. The summed E-state index contributed by atoms with van der Waals surface area (Å²) in [7, 11) is 1.64. The number of para-hydroxylation sites is 2. The number of carbonyl (C=O) groups excluding carboxylic acids is 1. The van der Waals surface area contributed by atoms with Crippen molar-refractivity contribution in [1.82, 2.24) is 9.97 Å². The quantitative estimate of drug-likeness (QED) is 0.544. The van der Waals surface area contributed by atoms with Crippen LogP contribution in [-0.2, 0) is 0 Å². The molecule has 1 amide bonds. The zero-order valence-corrected chi connectivity index (χ0v) is 15.2. The molecule has 0 spiro atoms. The van der Waals surface area contributed by atoms with Gasteiger partial charge in [-0.2, -0.15) is 0 Å². The molecular formula is C20H17N3O2S. The van der Waals surface area contributed by atoms with Gasteiger partial charge >= 0.3 is 0 Å². The number of imidazole rings is 1. The molecule has 2 aromatic heterocycles. The topological polar surface area (TPSA) is 67.0 Å². The number of amides is 1. The fourth-order valence-corrected chi connectivity index (χ4v) is 3.77. The largest absolute Gasteiger partial charge is 0.497 e. The zero-order valence-electron chi connectivity index (χ0n) is 14.4. The van der Waals surface area contributed by atoms with Crippen LogP contribution in [0.1, 0.15) is 14.5 Å². The summed E-state index contributed by atoms with van der Waals surface area (Å²) in [6.45, 7) is 2.02. The van der Waals surface area contributed by atoms with E-state index >= 15 is 0 Å². The van der Waals surface area contributed by atoms with Gasteiger partial charge in [0.15, 0.2) is 0 Å². The minimum atomic E-state index is -0.170. The Morgan fingerprint density at radius 1 is 1.15 bits per heavy atom. The van der Waals surface area contributed by atoms with Gasteiger partial charge in [0.1, 0.15) is 5.75 Å². The second-order valence-corrected chi connectivity index (χ2v) is 7.12. The van der Waals surface area contributed by atoms with Crippen LogP contribution in [0.5, 0.6) is 5.75 Å². The standard InChI is InChI=1S/C20H17N3O2S/c1-12-15(13-7-9-14(25-2)10-8-13)11-18(26-12)19(24)23-20-21-16-5-3-4-6-17(16)22-20/h3-11H,1-2H3,(H2,21,22,23,24). The highest BCUT2D eigenvalue weighted by Gasteiger charge is 2.15. The van der Waals surface area contributed by atoms with E-state index in [1.54, 1.807) is 7.11 Å². The molecule has 0 fully saturated rings. The van der Waals surface area contributed by atoms with Crippen molar-refractivity contribution in [2.75, 3.05) is 12.4 Å². The van der Waals surface area contributed by atoms with Crippen molar-refractivity contribution in [2.24, 2.45) is 0 Å².